The van der Waals surface area contributed by atoms with E-state index >= 15 is 0 Å². The lowest BCUT2D eigenvalue weighted by Gasteiger charge is -2.40. The highest BCUT2D eigenvalue weighted by Crippen LogP contribution is 2.28. The van der Waals surface area contributed by atoms with Crippen molar-refractivity contribution < 1.29 is 4.79 Å². The highest BCUT2D eigenvalue weighted by molar-refractivity contribution is 6.02. The van der Waals surface area contributed by atoms with Crippen LogP contribution in [-0.4, -0.2) is 39.3 Å². The number of ketones is 1. The van der Waals surface area contributed by atoms with E-state index in [2.05, 4.69) is 42.6 Å². The highest BCUT2D eigenvalue weighted by atomic mass is 16.1. The first kappa shape index (κ1) is 14.8. The molecule has 1 heterocycles. The van der Waals surface area contributed by atoms with Gasteiger partial charge in [0.25, 0.3) is 0 Å². The van der Waals surface area contributed by atoms with Gasteiger partial charge in [-0.2, -0.15) is 0 Å². The average Bonchev–Trinajstić information content (AvgIpc) is 2.45. The summed E-state index contributed by atoms with van der Waals surface area (Å²) in [5.41, 5.74) is 0.182. The number of hydrogen-bond donors (Lipinski definition) is 0. The normalized spacial score (nSPS) is 11.8. The third-order valence-electron chi connectivity index (χ3n) is 3.78. The molecule has 1 rings (SSSR count). The van der Waals surface area contributed by atoms with Crippen molar-refractivity contribution in [3.05, 3.63) is 24.3 Å². The summed E-state index contributed by atoms with van der Waals surface area (Å²) in [6.45, 7) is 10.1. The van der Waals surface area contributed by atoms with Crippen LogP contribution in [0.25, 0.3) is 0 Å². The summed E-state index contributed by atoms with van der Waals surface area (Å²) in [6, 6.07) is 0. The maximum Gasteiger partial charge on any atom is 0.186 e. The van der Waals surface area contributed by atoms with Gasteiger partial charge >= 0.3 is 0 Å². The van der Waals surface area contributed by atoms with Crippen molar-refractivity contribution in [2.24, 2.45) is 0 Å². The van der Waals surface area contributed by atoms with Gasteiger partial charge in [0, 0.05) is 12.4 Å². The molecule has 0 bridgehead atoms. The molecular weight excluding hydrogens is 226 g/mol. The molecule has 0 aliphatic heterocycles. The zero-order valence-corrected chi connectivity index (χ0v) is 11.8. The fraction of sp³-hybridized carbons (Fsp3) is 0.643. The predicted octanol–water partition coefficient (Wildman–Crippen LogP) is 2.56. The van der Waals surface area contributed by atoms with Gasteiger partial charge in [0.15, 0.2) is 5.78 Å². The lowest BCUT2D eigenvalue weighted by Crippen LogP contribution is -2.53. The summed E-state index contributed by atoms with van der Waals surface area (Å²) in [6.07, 6.45) is 6.28. The number of carbonyl (C=O) groups excluding carboxylic acids is 1. The van der Waals surface area contributed by atoms with E-state index in [0.29, 0.717) is 5.56 Å². The summed E-state index contributed by atoms with van der Waals surface area (Å²) in [7, 11) is 0. The molecule has 0 unspecified atom stereocenters. The van der Waals surface area contributed by atoms with Gasteiger partial charge in [-0.15, -0.1) is 0 Å². The third kappa shape index (κ3) is 2.58. The number of nitrogens with zero attached hydrogens (tertiary/aromatic N) is 3. The molecule has 4 nitrogen and oxygen atoms in total. The number of Topliss-reactive ketones (excluding diaryl/α,β-unsaturated/α-hetero) is 1. The van der Waals surface area contributed by atoms with E-state index in [4.69, 9.17) is 0 Å². The van der Waals surface area contributed by atoms with Crippen molar-refractivity contribution in [2.45, 2.75) is 46.1 Å². The van der Waals surface area contributed by atoms with Crippen molar-refractivity contribution in [1.82, 2.24) is 14.9 Å². The van der Waals surface area contributed by atoms with Crippen LogP contribution in [0.3, 0.4) is 0 Å². The Hall–Kier alpha value is -1.29. The summed E-state index contributed by atoms with van der Waals surface area (Å²) < 4.78 is 0. The van der Waals surface area contributed by atoms with E-state index in [9.17, 15) is 4.79 Å². The Bertz CT molecular complexity index is 370. The van der Waals surface area contributed by atoms with Gasteiger partial charge in [0.1, 0.15) is 6.33 Å². The summed E-state index contributed by atoms with van der Waals surface area (Å²) in [4.78, 5) is 22.9. The van der Waals surface area contributed by atoms with Gasteiger partial charge < -0.3 is 0 Å². The molecule has 0 atom stereocenters. The minimum atomic E-state index is -0.422. The fourth-order valence-corrected chi connectivity index (χ4v) is 2.68. The van der Waals surface area contributed by atoms with Crippen molar-refractivity contribution in [1.29, 1.82) is 0 Å². The van der Waals surface area contributed by atoms with Gasteiger partial charge in [-0.05, 0) is 25.9 Å². The summed E-state index contributed by atoms with van der Waals surface area (Å²) in [5.74, 6) is 0.136. The molecule has 1 aromatic heterocycles. The van der Waals surface area contributed by atoms with E-state index in [0.717, 1.165) is 25.9 Å². The molecule has 0 radical (unpaired) electrons. The monoisotopic (exact) mass is 249 g/mol. The van der Waals surface area contributed by atoms with Crippen LogP contribution in [0.4, 0.5) is 0 Å². The molecule has 0 fully saturated rings. The zero-order valence-electron chi connectivity index (χ0n) is 11.8. The Morgan fingerprint density at radius 2 is 1.61 bits per heavy atom. The first-order valence-electron chi connectivity index (χ1n) is 6.71. The summed E-state index contributed by atoms with van der Waals surface area (Å²) >= 11 is 0. The van der Waals surface area contributed by atoms with Gasteiger partial charge in [-0.1, -0.05) is 27.7 Å². The van der Waals surface area contributed by atoms with Crippen LogP contribution < -0.4 is 0 Å². The first-order valence-corrected chi connectivity index (χ1v) is 6.71. The van der Waals surface area contributed by atoms with Gasteiger partial charge in [0.2, 0.25) is 0 Å². The largest absolute Gasteiger partial charge is 0.292 e. The van der Waals surface area contributed by atoms with Crippen LogP contribution in [0.15, 0.2) is 18.7 Å². The Morgan fingerprint density at radius 1 is 1.11 bits per heavy atom. The molecule has 0 saturated heterocycles. The van der Waals surface area contributed by atoms with Crippen molar-refractivity contribution >= 4 is 5.78 Å². The average molecular weight is 249 g/mol. The van der Waals surface area contributed by atoms with E-state index in [-0.39, 0.29) is 5.78 Å². The maximum atomic E-state index is 12.8. The molecule has 0 saturated carbocycles. The van der Waals surface area contributed by atoms with Crippen LogP contribution in [0.2, 0.25) is 0 Å². The van der Waals surface area contributed by atoms with Gasteiger partial charge in [-0.25, -0.2) is 9.97 Å². The van der Waals surface area contributed by atoms with Crippen LogP contribution in [0.1, 0.15) is 50.9 Å². The van der Waals surface area contributed by atoms with Gasteiger partial charge in [0.05, 0.1) is 11.1 Å². The van der Waals surface area contributed by atoms with E-state index in [1.165, 1.54) is 6.33 Å². The molecule has 0 amide bonds. The Kier molecular flexibility index (Phi) is 5.41. The lowest BCUT2D eigenvalue weighted by molar-refractivity contribution is 0.0534. The molecule has 0 N–H and O–H groups in total. The first-order chi connectivity index (χ1) is 8.66. The number of carbonyl (C=O) groups is 1. The molecule has 0 aliphatic rings. The molecule has 0 aliphatic carbocycles. The second-order valence-corrected chi connectivity index (χ2v) is 4.37. The highest BCUT2D eigenvalue weighted by Gasteiger charge is 2.39. The van der Waals surface area contributed by atoms with Gasteiger partial charge in [-0.3, -0.25) is 9.69 Å². The molecule has 0 aromatic carbocycles. The topological polar surface area (TPSA) is 46.1 Å². The van der Waals surface area contributed by atoms with E-state index < -0.39 is 5.54 Å². The molecule has 4 heteroatoms. The predicted molar refractivity (Wildman–Crippen MR) is 72.6 cm³/mol. The van der Waals surface area contributed by atoms with Crippen LogP contribution in [0, 0.1) is 0 Å². The summed E-state index contributed by atoms with van der Waals surface area (Å²) in [5, 5.41) is 0. The van der Waals surface area contributed by atoms with E-state index in [1.807, 2.05) is 0 Å². The smallest absolute Gasteiger partial charge is 0.186 e. The Labute approximate surface area is 109 Å². The van der Waals surface area contributed by atoms with E-state index in [1.54, 1.807) is 12.4 Å². The SMILES string of the molecule is CCN(CC)C(CC)(CC)C(=O)c1cncnc1. The molecular formula is C14H23N3O. The minimum absolute atomic E-state index is 0.136. The fourth-order valence-electron chi connectivity index (χ4n) is 2.68. The number of rotatable bonds is 7. The van der Waals surface area contributed by atoms with Crippen molar-refractivity contribution in [2.75, 3.05) is 13.1 Å². The Balaban J connectivity index is 3.16. The number of likely N-dealkylation sites (N-methyl/N-ethyl adjacent to an activating group) is 1. The molecule has 1 aromatic rings. The standard InChI is InChI=1S/C14H23N3O/c1-5-14(6-2,17(7-3)8-4)13(18)12-9-15-11-16-10-12/h9-11H,5-8H2,1-4H3. The number of hydrogen-bond acceptors (Lipinski definition) is 4. The zero-order chi connectivity index (χ0) is 13.6. The third-order valence-corrected chi connectivity index (χ3v) is 3.78. The van der Waals surface area contributed by atoms with Crippen molar-refractivity contribution in [3.8, 4) is 0 Å². The van der Waals surface area contributed by atoms with Crippen molar-refractivity contribution in [3.63, 3.8) is 0 Å². The second kappa shape index (κ2) is 6.59. The second-order valence-electron chi connectivity index (χ2n) is 4.37. The molecule has 0 spiro atoms. The molecule has 100 valence electrons. The van der Waals surface area contributed by atoms with Crippen LogP contribution >= 0.6 is 0 Å². The molecule has 18 heavy (non-hydrogen) atoms. The quantitative estimate of drug-likeness (QED) is 0.697. The van der Waals surface area contributed by atoms with Crippen LogP contribution in [0.5, 0.6) is 0 Å². The minimum Gasteiger partial charge on any atom is -0.292 e. The van der Waals surface area contributed by atoms with Crippen LogP contribution in [-0.2, 0) is 0 Å². The number of aromatic nitrogens is 2. The lowest BCUT2D eigenvalue weighted by atomic mass is 9.83. The Morgan fingerprint density at radius 3 is 2.00 bits per heavy atom. The maximum absolute atomic E-state index is 12.8.